The molecular weight excluding hydrogens is 386 g/mol. The van der Waals surface area contributed by atoms with Crippen molar-refractivity contribution in [2.24, 2.45) is 0 Å². The van der Waals surface area contributed by atoms with Crippen molar-refractivity contribution >= 4 is 29.3 Å². The van der Waals surface area contributed by atoms with Gasteiger partial charge in [0.2, 0.25) is 0 Å². The average Bonchev–Trinajstić information content (AvgIpc) is 2.67. The van der Waals surface area contributed by atoms with Gasteiger partial charge in [-0.05, 0) is 63.1 Å². The van der Waals surface area contributed by atoms with E-state index in [0.717, 1.165) is 5.56 Å². The molecule has 8 heteroatoms. The van der Waals surface area contributed by atoms with Gasteiger partial charge in [0.05, 0.1) is 18.2 Å². The number of nitrogens with two attached hydrogens (primary N) is 1. The number of nitrogens with one attached hydrogen (secondary N) is 2. The van der Waals surface area contributed by atoms with Crippen LogP contribution in [0.3, 0.4) is 0 Å². The van der Waals surface area contributed by atoms with Gasteiger partial charge in [-0.3, -0.25) is 4.79 Å². The zero-order chi connectivity index (χ0) is 22.3. The van der Waals surface area contributed by atoms with Crippen molar-refractivity contribution in [3.05, 3.63) is 59.2 Å². The number of anilines is 2. The van der Waals surface area contributed by atoms with Crippen molar-refractivity contribution in [3.8, 4) is 0 Å². The Kier molecular flexibility index (Phi) is 7.41. The maximum Gasteiger partial charge on any atom is 0.407 e. The molecule has 2 rings (SSSR count). The highest BCUT2D eigenvalue weighted by Crippen LogP contribution is 2.18. The standard InChI is InChI=1S/C22H27N3O5/c1-22(2,3)30-21(28)24-12-11-14-5-8-16(9-6-14)25-19(26)17-10-7-15(13-18(17)23)20(27)29-4/h5-10,13H,11-12,23H2,1-4H3,(H,24,28)(H,25,26). The third-order valence-corrected chi connectivity index (χ3v) is 4.01. The molecule has 0 aliphatic rings. The molecule has 0 saturated heterocycles. The van der Waals surface area contributed by atoms with Crippen LogP contribution in [0.1, 0.15) is 47.1 Å². The number of carbonyl (C=O) groups is 3. The van der Waals surface area contributed by atoms with Crippen LogP contribution in [0.4, 0.5) is 16.2 Å². The van der Waals surface area contributed by atoms with E-state index in [1.807, 2.05) is 12.1 Å². The molecule has 0 saturated carbocycles. The molecule has 0 heterocycles. The van der Waals surface area contributed by atoms with Gasteiger partial charge in [0.1, 0.15) is 5.60 Å². The molecule has 2 aromatic carbocycles. The lowest BCUT2D eigenvalue weighted by Gasteiger charge is -2.19. The number of hydrogen-bond acceptors (Lipinski definition) is 6. The Balaban J connectivity index is 1.90. The molecule has 4 N–H and O–H groups in total. The van der Waals surface area contributed by atoms with E-state index in [9.17, 15) is 14.4 Å². The summed E-state index contributed by atoms with van der Waals surface area (Å²) in [5.74, 6) is -0.909. The van der Waals surface area contributed by atoms with E-state index in [2.05, 4.69) is 15.4 Å². The second kappa shape index (κ2) is 9.78. The lowest BCUT2D eigenvalue weighted by Crippen LogP contribution is -2.33. The second-order valence-corrected chi connectivity index (χ2v) is 7.62. The third-order valence-electron chi connectivity index (χ3n) is 4.01. The largest absolute Gasteiger partial charge is 0.465 e. The fourth-order valence-corrected chi connectivity index (χ4v) is 2.59. The van der Waals surface area contributed by atoms with Gasteiger partial charge in [-0.25, -0.2) is 9.59 Å². The first-order valence-corrected chi connectivity index (χ1v) is 9.44. The molecule has 0 aliphatic carbocycles. The number of nitrogen functional groups attached to an aromatic ring is 1. The normalized spacial score (nSPS) is 10.8. The summed E-state index contributed by atoms with van der Waals surface area (Å²) in [6.07, 6.45) is 0.164. The Hall–Kier alpha value is -3.55. The summed E-state index contributed by atoms with van der Waals surface area (Å²) in [6.45, 7) is 5.85. The highest BCUT2D eigenvalue weighted by molar-refractivity contribution is 6.08. The van der Waals surface area contributed by atoms with Gasteiger partial charge in [0.15, 0.2) is 0 Å². The summed E-state index contributed by atoms with van der Waals surface area (Å²) in [4.78, 5) is 35.6. The van der Waals surface area contributed by atoms with Gasteiger partial charge in [-0.2, -0.15) is 0 Å². The number of methoxy groups -OCH3 is 1. The Morgan fingerprint density at radius 2 is 1.70 bits per heavy atom. The lowest BCUT2D eigenvalue weighted by molar-refractivity contribution is 0.0527. The predicted molar refractivity (Wildman–Crippen MR) is 115 cm³/mol. The first-order valence-electron chi connectivity index (χ1n) is 9.44. The molecule has 0 fully saturated rings. The van der Waals surface area contributed by atoms with E-state index in [0.29, 0.717) is 18.7 Å². The molecule has 0 spiro atoms. The highest BCUT2D eigenvalue weighted by atomic mass is 16.6. The molecule has 0 radical (unpaired) electrons. The van der Waals surface area contributed by atoms with Crippen molar-refractivity contribution in [1.29, 1.82) is 0 Å². The van der Waals surface area contributed by atoms with Gasteiger partial charge in [0.25, 0.3) is 5.91 Å². The summed E-state index contributed by atoms with van der Waals surface area (Å²) in [5.41, 5.74) is 7.66. The number of esters is 1. The van der Waals surface area contributed by atoms with Crippen LogP contribution in [0.5, 0.6) is 0 Å². The van der Waals surface area contributed by atoms with Crippen molar-refractivity contribution in [2.45, 2.75) is 32.8 Å². The molecular formula is C22H27N3O5. The van der Waals surface area contributed by atoms with E-state index in [1.54, 1.807) is 32.9 Å². The molecule has 30 heavy (non-hydrogen) atoms. The fourth-order valence-electron chi connectivity index (χ4n) is 2.59. The van der Waals surface area contributed by atoms with Crippen LogP contribution in [0, 0.1) is 0 Å². The Labute approximate surface area is 175 Å². The molecule has 0 atom stereocenters. The monoisotopic (exact) mass is 413 g/mol. The van der Waals surface area contributed by atoms with E-state index >= 15 is 0 Å². The van der Waals surface area contributed by atoms with Crippen LogP contribution < -0.4 is 16.4 Å². The molecule has 2 aromatic rings. The summed E-state index contributed by atoms with van der Waals surface area (Å²) in [5, 5.41) is 5.47. The van der Waals surface area contributed by atoms with E-state index in [1.165, 1.54) is 25.3 Å². The zero-order valence-electron chi connectivity index (χ0n) is 17.6. The number of amides is 2. The van der Waals surface area contributed by atoms with Crippen LogP contribution in [0.2, 0.25) is 0 Å². The Morgan fingerprint density at radius 3 is 2.27 bits per heavy atom. The van der Waals surface area contributed by atoms with Gasteiger partial charge in [-0.1, -0.05) is 12.1 Å². The molecule has 0 aliphatic heterocycles. The Morgan fingerprint density at radius 1 is 1.03 bits per heavy atom. The number of carbonyl (C=O) groups excluding carboxylic acids is 3. The van der Waals surface area contributed by atoms with E-state index in [4.69, 9.17) is 10.5 Å². The van der Waals surface area contributed by atoms with Crippen molar-refractivity contribution in [2.75, 3.05) is 24.7 Å². The number of ether oxygens (including phenoxy) is 2. The van der Waals surface area contributed by atoms with Gasteiger partial charge in [-0.15, -0.1) is 0 Å². The second-order valence-electron chi connectivity index (χ2n) is 7.62. The molecule has 0 unspecified atom stereocenters. The molecule has 0 aromatic heterocycles. The minimum atomic E-state index is -0.535. The quantitative estimate of drug-likeness (QED) is 0.493. The lowest BCUT2D eigenvalue weighted by atomic mass is 10.1. The minimum absolute atomic E-state index is 0.181. The van der Waals surface area contributed by atoms with Crippen molar-refractivity contribution in [3.63, 3.8) is 0 Å². The van der Waals surface area contributed by atoms with E-state index < -0.39 is 17.7 Å². The summed E-state index contributed by atoms with van der Waals surface area (Å²) in [6, 6.07) is 11.6. The van der Waals surface area contributed by atoms with Crippen LogP contribution in [-0.4, -0.2) is 37.2 Å². The minimum Gasteiger partial charge on any atom is -0.465 e. The highest BCUT2D eigenvalue weighted by Gasteiger charge is 2.16. The summed E-state index contributed by atoms with van der Waals surface area (Å²) in [7, 11) is 1.27. The van der Waals surface area contributed by atoms with Gasteiger partial charge in [0, 0.05) is 17.9 Å². The zero-order valence-corrected chi connectivity index (χ0v) is 17.6. The van der Waals surface area contributed by atoms with Gasteiger partial charge >= 0.3 is 12.1 Å². The topological polar surface area (TPSA) is 120 Å². The SMILES string of the molecule is COC(=O)c1ccc(C(=O)Nc2ccc(CCNC(=O)OC(C)(C)C)cc2)c(N)c1. The fraction of sp³-hybridized carbons (Fsp3) is 0.318. The number of rotatable bonds is 6. The average molecular weight is 413 g/mol. The summed E-state index contributed by atoms with van der Waals surface area (Å²) >= 11 is 0. The Bertz CT molecular complexity index is 917. The van der Waals surface area contributed by atoms with Crippen LogP contribution in [0.15, 0.2) is 42.5 Å². The molecule has 0 bridgehead atoms. The first-order chi connectivity index (χ1) is 14.1. The third kappa shape index (κ3) is 6.80. The maximum absolute atomic E-state index is 12.5. The molecule has 2 amide bonds. The number of hydrogen-bond donors (Lipinski definition) is 3. The van der Waals surface area contributed by atoms with Gasteiger partial charge < -0.3 is 25.8 Å². The smallest absolute Gasteiger partial charge is 0.407 e. The van der Waals surface area contributed by atoms with E-state index in [-0.39, 0.29) is 22.7 Å². The maximum atomic E-state index is 12.5. The van der Waals surface area contributed by atoms with Crippen LogP contribution in [-0.2, 0) is 15.9 Å². The van der Waals surface area contributed by atoms with Crippen molar-refractivity contribution in [1.82, 2.24) is 5.32 Å². The molecule has 8 nitrogen and oxygen atoms in total. The van der Waals surface area contributed by atoms with Crippen LogP contribution >= 0.6 is 0 Å². The first kappa shape index (κ1) is 22.7. The van der Waals surface area contributed by atoms with Crippen molar-refractivity contribution < 1.29 is 23.9 Å². The number of benzene rings is 2. The van der Waals surface area contributed by atoms with Crippen LogP contribution in [0.25, 0.3) is 0 Å². The predicted octanol–water partition coefficient (Wildman–Crippen LogP) is 3.37. The summed E-state index contributed by atoms with van der Waals surface area (Å²) < 4.78 is 9.82. The molecule has 160 valence electrons. The number of alkyl carbamates (subject to hydrolysis) is 1.